The third kappa shape index (κ3) is 6.79. The van der Waals surface area contributed by atoms with Crippen LogP contribution in [0.5, 0.6) is 0 Å². The lowest BCUT2D eigenvalue weighted by Gasteiger charge is -2.45. The van der Waals surface area contributed by atoms with E-state index in [4.69, 9.17) is 4.74 Å². The number of benzene rings is 2. The van der Waals surface area contributed by atoms with Gasteiger partial charge in [-0.2, -0.15) is 0 Å². The molecule has 2 N–H and O–H groups in total. The number of hydrogen-bond acceptors (Lipinski definition) is 4. The summed E-state index contributed by atoms with van der Waals surface area (Å²) in [5, 5.41) is 5.99. The molecule has 37 heavy (non-hydrogen) atoms. The van der Waals surface area contributed by atoms with Gasteiger partial charge in [0.15, 0.2) is 0 Å². The molecule has 3 amide bonds. The first kappa shape index (κ1) is 28.0. The zero-order chi connectivity index (χ0) is 27.1. The van der Waals surface area contributed by atoms with E-state index in [1.807, 2.05) is 67.3 Å². The molecule has 0 saturated carbocycles. The quantitative estimate of drug-likeness (QED) is 0.297. The van der Waals surface area contributed by atoms with Crippen molar-refractivity contribution in [1.29, 1.82) is 0 Å². The van der Waals surface area contributed by atoms with Crippen molar-refractivity contribution in [3.8, 4) is 11.1 Å². The Hall–Kier alpha value is -3.61. The van der Waals surface area contributed by atoms with E-state index in [9.17, 15) is 14.4 Å². The maximum Gasteiger partial charge on any atom is 0.407 e. The molecule has 0 fully saturated rings. The van der Waals surface area contributed by atoms with Crippen LogP contribution < -0.4 is 15.5 Å². The minimum Gasteiger partial charge on any atom is -0.447 e. The van der Waals surface area contributed by atoms with Gasteiger partial charge in [0.05, 0.1) is 12.1 Å². The van der Waals surface area contributed by atoms with Crippen LogP contribution in [0.15, 0.2) is 55.1 Å². The summed E-state index contributed by atoms with van der Waals surface area (Å²) in [6.45, 7) is 13.0. The second kappa shape index (κ2) is 12.6. The molecule has 3 rings (SSSR count). The monoisotopic (exact) mass is 505 g/mol. The van der Waals surface area contributed by atoms with Crippen molar-refractivity contribution in [3.63, 3.8) is 0 Å². The molecule has 1 aliphatic heterocycles. The van der Waals surface area contributed by atoms with Gasteiger partial charge in [-0.25, -0.2) is 4.79 Å². The summed E-state index contributed by atoms with van der Waals surface area (Å²) in [4.78, 5) is 39.3. The Morgan fingerprint density at radius 3 is 2.38 bits per heavy atom. The predicted molar refractivity (Wildman–Crippen MR) is 148 cm³/mol. The zero-order valence-corrected chi connectivity index (χ0v) is 22.5. The van der Waals surface area contributed by atoms with E-state index in [1.54, 1.807) is 6.92 Å². The standard InChI is InChI=1S/C30H39N3O4/c1-7-9-10-11-28(35)31-24-15-12-22(13-16-24)23-14-17-27-25(18-23)29(32-30(36)37-19(3)4)20(5)26(8-2)33(27)21(6)34/h7,12-20,26,29H,1,8-11H2,2-6H3,(H,31,35)(H,32,36)/t20-,26+,29+/m0/s1. The number of rotatable bonds is 9. The SMILES string of the molecule is C=CCCCC(=O)Nc1ccc(-c2ccc3c(c2)[C@H](NC(=O)OC(C)C)[C@@H](C)[C@@H](CC)N3C(C)=O)cc1. The summed E-state index contributed by atoms with van der Waals surface area (Å²) in [6.07, 6.45) is 3.91. The molecule has 7 heteroatoms. The highest BCUT2D eigenvalue weighted by molar-refractivity contribution is 5.95. The van der Waals surface area contributed by atoms with E-state index in [2.05, 4.69) is 31.1 Å². The van der Waals surface area contributed by atoms with Gasteiger partial charge in [0.25, 0.3) is 0 Å². The van der Waals surface area contributed by atoms with Crippen LogP contribution in [0.4, 0.5) is 16.2 Å². The summed E-state index contributed by atoms with van der Waals surface area (Å²) < 4.78 is 5.38. The average Bonchev–Trinajstić information content (AvgIpc) is 2.85. The van der Waals surface area contributed by atoms with E-state index in [0.29, 0.717) is 6.42 Å². The van der Waals surface area contributed by atoms with Gasteiger partial charge in [-0.15, -0.1) is 6.58 Å². The third-order valence-electron chi connectivity index (χ3n) is 6.77. The number of alkyl carbamates (subject to hydrolysis) is 1. The molecule has 0 aromatic heterocycles. The number of carbonyl (C=O) groups is 3. The maximum atomic E-state index is 12.7. The van der Waals surface area contributed by atoms with Crippen molar-refractivity contribution in [2.45, 2.75) is 78.5 Å². The molecular weight excluding hydrogens is 466 g/mol. The summed E-state index contributed by atoms with van der Waals surface area (Å²) >= 11 is 0. The van der Waals surface area contributed by atoms with Crippen molar-refractivity contribution in [1.82, 2.24) is 5.32 Å². The highest BCUT2D eigenvalue weighted by Crippen LogP contribution is 2.43. The van der Waals surface area contributed by atoms with Gasteiger partial charge in [-0.3, -0.25) is 9.59 Å². The third-order valence-corrected chi connectivity index (χ3v) is 6.77. The molecule has 7 nitrogen and oxygen atoms in total. The fraction of sp³-hybridized carbons (Fsp3) is 0.433. The van der Waals surface area contributed by atoms with Crippen LogP contribution in [0.2, 0.25) is 0 Å². The highest BCUT2D eigenvalue weighted by Gasteiger charge is 2.40. The Balaban J connectivity index is 1.92. The van der Waals surface area contributed by atoms with Crippen LogP contribution in [-0.2, 0) is 14.3 Å². The van der Waals surface area contributed by atoms with Gasteiger partial charge >= 0.3 is 6.09 Å². The van der Waals surface area contributed by atoms with Crippen LogP contribution in [0, 0.1) is 5.92 Å². The second-order valence-corrected chi connectivity index (χ2v) is 9.88. The lowest BCUT2D eigenvalue weighted by Crippen LogP contribution is -2.52. The molecule has 0 unspecified atom stereocenters. The molecule has 2 aromatic carbocycles. The molecule has 0 bridgehead atoms. The van der Waals surface area contributed by atoms with E-state index in [1.165, 1.54) is 0 Å². The molecule has 1 heterocycles. The Labute approximate surface area is 220 Å². The number of anilines is 2. The lowest BCUT2D eigenvalue weighted by atomic mass is 9.80. The number of hydrogen-bond donors (Lipinski definition) is 2. The summed E-state index contributed by atoms with van der Waals surface area (Å²) in [5.74, 6) is -0.0616. The first-order valence-electron chi connectivity index (χ1n) is 13.1. The molecule has 0 saturated heterocycles. The van der Waals surface area contributed by atoms with Crippen molar-refractivity contribution in [3.05, 3.63) is 60.7 Å². The molecule has 198 valence electrons. The first-order chi connectivity index (χ1) is 17.7. The van der Waals surface area contributed by atoms with Gasteiger partial charge in [-0.05, 0) is 74.1 Å². The molecule has 0 aliphatic carbocycles. The minimum absolute atomic E-state index is 0.0185. The number of allylic oxidation sites excluding steroid dienone is 1. The molecule has 2 aromatic rings. The molecular formula is C30H39N3O4. The lowest BCUT2D eigenvalue weighted by molar-refractivity contribution is -0.117. The predicted octanol–water partition coefficient (Wildman–Crippen LogP) is 6.61. The van der Waals surface area contributed by atoms with E-state index >= 15 is 0 Å². The van der Waals surface area contributed by atoms with Gasteiger partial charge < -0.3 is 20.3 Å². The summed E-state index contributed by atoms with van der Waals surface area (Å²) in [7, 11) is 0. The number of amides is 3. The molecule has 3 atom stereocenters. The van der Waals surface area contributed by atoms with Gasteiger partial charge in [-0.1, -0.05) is 38.1 Å². The minimum atomic E-state index is -0.470. The van der Waals surface area contributed by atoms with Crippen molar-refractivity contribution in [2.24, 2.45) is 5.92 Å². The smallest absolute Gasteiger partial charge is 0.407 e. The zero-order valence-electron chi connectivity index (χ0n) is 22.5. The Morgan fingerprint density at radius 1 is 1.11 bits per heavy atom. The van der Waals surface area contributed by atoms with Gasteiger partial charge in [0.1, 0.15) is 0 Å². The maximum absolute atomic E-state index is 12.7. The Bertz CT molecular complexity index is 1130. The molecule has 0 spiro atoms. The highest BCUT2D eigenvalue weighted by atomic mass is 16.6. The number of fused-ring (bicyclic) bond motifs is 1. The number of nitrogens with zero attached hydrogens (tertiary/aromatic N) is 1. The van der Waals surface area contributed by atoms with Gasteiger partial charge in [0, 0.05) is 36.7 Å². The largest absolute Gasteiger partial charge is 0.447 e. The molecule has 1 aliphatic rings. The van der Waals surface area contributed by atoms with Gasteiger partial charge in [0.2, 0.25) is 11.8 Å². The van der Waals surface area contributed by atoms with E-state index < -0.39 is 6.09 Å². The fourth-order valence-corrected chi connectivity index (χ4v) is 5.04. The fourth-order valence-electron chi connectivity index (χ4n) is 5.04. The Kier molecular flexibility index (Phi) is 9.50. The van der Waals surface area contributed by atoms with Crippen LogP contribution in [0.3, 0.4) is 0 Å². The van der Waals surface area contributed by atoms with Crippen LogP contribution >= 0.6 is 0 Å². The van der Waals surface area contributed by atoms with Crippen molar-refractivity contribution < 1.29 is 19.1 Å². The summed E-state index contributed by atoms with van der Waals surface area (Å²) in [6, 6.07) is 13.3. The van der Waals surface area contributed by atoms with E-state index in [-0.39, 0.29) is 35.9 Å². The number of nitrogens with one attached hydrogen (secondary N) is 2. The normalized spacial score (nSPS) is 18.6. The van der Waals surface area contributed by atoms with Crippen molar-refractivity contribution >= 4 is 29.3 Å². The molecule has 0 radical (unpaired) electrons. The average molecular weight is 506 g/mol. The number of carbonyl (C=O) groups excluding carboxylic acids is 3. The van der Waals surface area contributed by atoms with E-state index in [0.717, 1.165) is 47.3 Å². The van der Waals surface area contributed by atoms with Crippen LogP contribution in [-0.4, -0.2) is 30.1 Å². The van der Waals surface area contributed by atoms with Crippen LogP contribution in [0.1, 0.15) is 71.9 Å². The van der Waals surface area contributed by atoms with Crippen molar-refractivity contribution in [2.75, 3.05) is 10.2 Å². The number of unbranched alkanes of at least 4 members (excludes halogenated alkanes) is 1. The summed E-state index contributed by atoms with van der Waals surface area (Å²) in [5.41, 5.74) is 4.35. The Morgan fingerprint density at radius 2 is 1.78 bits per heavy atom. The first-order valence-corrected chi connectivity index (χ1v) is 13.1. The number of ether oxygens (including phenoxy) is 1. The topological polar surface area (TPSA) is 87.7 Å². The van der Waals surface area contributed by atoms with Crippen LogP contribution in [0.25, 0.3) is 11.1 Å². The second-order valence-electron chi connectivity index (χ2n) is 9.88.